The maximum atomic E-state index is 5.75. The van der Waals surface area contributed by atoms with Gasteiger partial charge in [-0.15, -0.1) is 0 Å². The molecule has 7 nitrogen and oxygen atoms in total. The van der Waals surface area contributed by atoms with E-state index in [-0.39, 0.29) is 5.41 Å². The molecule has 1 saturated carbocycles. The average molecular weight is 534 g/mol. The summed E-state index contributed by atoms with van der Waals surface area (Å²) in [5, 5.41) is 8.81. The fraction of sp³-hybridized carbons (Fsp3) is 0.464. The number of piperidine rings is 1. The fourth-order valence-corrected chi connectivity index (χ4v) is 6.37. The highest BCUT2D eigenvalue weighted by Gasteiger charge is 2.33. The predicted molar refractivity (Wildman–Crippen MR) is 154 cm³/mol. The lowest BCUT2D eigenvalue weighted by Crippen LogP contribution is -2.43. The minimum Gasteiger partial charge on any atom is -0.361 e. The quantitative estimate of drug-likeness (QED) is 0.221. The van der Waals surface area contributed by atoms with Crippen LogP contribution in [0.4, 0.5) is 11.8 Å². The van der Waals surface area contributed by atoms with Crippen LogP contribution in [0.1, 0.15) is 57.4 Å². The van der Waals surface area contributed by atoms with Gasteiger partial charge in [-0.2, -0.15) is 4.98 Å². The molecule has 1 aromatic carbocycles. The van der Waals surface area contributed by atoms with Gasteiger partial charge in [0.2, 0.25) is 5.95 Å². The molecule has 194 valence electrons. The van der Waals surface area contributed by atoms with Gasteiger partial charge in [0.1, 0.15) is 10.8 Å². The number of benzene rings is 1. The van der Waals surface area contributed by atoms with E-state index in [4.69, 9.17) is 22.2 Å². The first-order valence-corrected chi connectivity index (χ1v) is 14.5. The first-order valence-electron chi connectivity index (χ1n) is 13.3. The second-order valence-corrected chi connectivity index (χ2v) is 11.6. The summed E-state index contributed by atoms with van der Waals surface area (Å²) in [5.74, 6) is 2.06. The number of nitrogens with zero attached hydrogens (tertiary/aromatic N) is 5. The zero-order chi connectivity index (χ0) is 25.5. The van der Waals surface area contributed by atoms with E-state index in [9.17, 15) is 0 Å². The summed E-state index contributed by atoms with van der Waals surface area (Å²) in [4.78, 5) is 20.7. The van der Waals surface area contributed by atoms with Crippen LogP contribution in [0, 0.1) is 5.92 Å². The lowest BCUT2D eigenvalue weighted by atomic mass is 9.69. The van der Waals surface area contributed by atoms with Crippen LogP contribution < -0.4 is 15.5 Å². The second kappa shape index (κ2) is 12.2. The highest BCUT2D eigenvalue weighted by atomic mass is 32.2. The molecule has 9 heteroatoms. The molecule has 5 rings (SSSR count). The summed E-state index contributed by atoms with van der Waals surface area (Å²) in [5.41, 5.74) is 1.49. The van der Waals surface area contributed by atoms with Gasteiger partial charge in [-0.3, -0.25) is 0 Å². The summed E-state index contributed by atoms with van der Waals surface area (Å²) in [6.45, 7) is 5.08. The van der Waals surface area contributed by atoms with Gasteiger partial charge >= 0.3 is 0 Å². The molecule has 0 amide bonds. The number of aromatic nitrogens is 4. The molecule has 0 spiro atoms. The van der Waals surface area contributed by atoms with Gasteiger partial charge in [0.25, 0.3) is 0 Å². The van der Waals surface area contributed by atoms with Crippen LogP contribution in [0.25, 0.3) is 0 Å². The Kier molecular flexibility index (Phi) is 8.51. The molecule has 3 heterocycles. The van der Waals surface area contributed by atoms with Crippen molar-refractivity contribution < 1.29 is 0 Å². The van der Waals surface area contributed by atoms with Gasteiger partial charge < -0.3 is 15.5 Å². The van der Waals surface area contributed by atoms with E-state index in [0.29, 0.717) is 22.1 Å². The molecule has 2 aromatic heterocycles. The molecule has 0 radical (unpaired) electrons. The van der Waals surface area contributed by atoms with E-state index >= 15 is 0 Å². The zero-order valence-corrected chi connectivity index (χ0v) is 23.0. The first kappa shape index (κ1) is 25.9. The molecular formula is C28H35N7S2. The molecule has 1 aliphatic carbocycles. The summed E-state index contributed by atoms with van der Waals surface area (Å²) >= 11 is 7.19. The topological polar surface area (TPSA) is 78.9 Å². The monoisotopic (exact) mass is 533 g/mol. The van der Waals surface area contributed by atoms with Crippen LogP contribution in [0.3, 0.4) is 0 Å². The maximum Gasteiger partial charge on any atom is 0.232 e. The molecule has 1 atom stereocenters. The molecule has 2 N–H and O–H groups in total. The van der Waals surface area contributed by atoms with Crippen molar-refractivity contribution >= 4 is 40.9 Å². The summed E-state index contributed by atoms with van der Waals surface area (Å²) in [6, 6.07) is 14.7. The van der Waals surface area contributed by atoms with E-state index in [1.165, 1.54) is 62.3 Å². The van der Waals surface area contributed by atoms with Crippen molar-refractivity contribution in [1.29, 1.82) is 0 Å². The Labute approximate surface area is 229 Å². The molecular weight excluding hydrogens is 498 g/mol. The molecule has 0 bridgehead atoms. The Morgan fingerprint density at radius 3 is 2.59 bits per heavy atom. The van der Waals surface area contributed by atoms with Crippen molar-refractivity contribution in [1.82, 2.24) is 25.3 Å². The fourth-order valence-electron chi connectivity index (χ4n) is 5.50. The molecule has 1 saturated heterocycles. The number of thiocarbonyl (C=S) groups is 1. The van der Waals surface area contributed by atoms with Crippen molar-refractivity contribution in [2.24, 2.45) is 5.92 Å². The Hall–Kier alpha value is -2.78. The van der Waals surface area contributed by atoms with Gasteiger partial charge in [0.05, 0.1) is 0 Å². The minimum absolute atomic E-state index is 0.101. The summed E-state index contributed by atoms with van der Waals surface area (Å²) < 4.78 is 0. The van der Waals surface area contributed by atoms with Crippen LogP contribution in [0.2, 0.25) is 0 Å². The van der Waals surface area contributed by atoms with E-state index in [1.807, 2.05) is 12.1 Å². The Morgan fingerprint density at radius 2 is 1.84 bits per heavy atom. The SMILES string of the molecule is C[C@H]1CCCN(c2cc(Sc3ncccn3)nc(NC(=S)NCC3(c4ccccc4)CCCCC3)n2)C1. The van der Waals surface area contributed by atoms with Crippen LogP contribution >= 0.6 is 24.0 Å². The van der Waals surface area contributed by atoms with Crippen molar-refractivity contribution in [3.8, 4) is 0 Å². The number of hydrogen-bond donors (Lipinski definition) is 2. The number of hydrogen-bond acceptors (Lipinski definition) is 7. The minimum atomic E-state index is 0.101. The molecule has 37 heavy (non-hydrogen) atoms. The predicted octanol–water partition coefficient (Wildman–Crippen LogP) is 5.84. The second-order valence-electron chi connectivity index (χ2n) is 10.2. The molecule has 0 unspecified atom stereocenters. The largest absolute Gasteiger partial charge is 0.361 e. The van der Waals surface area contributed by atoms with Crippen LogP contribution in [0.15, 0.2) is 65.0 Å². The van der Waals surface area contributed by atoms with Gasteiger partial charge in [0.15, 0.2) is 10.3 Å². The number of rotatable bonds is 7. The number of nitrogens with one attached hydrogen (secondary N) is 2. The smallest absolute Gasteiger partial charge is 0.232 e. The van der Waals surface area contributed by atoms with Crippen LogP contribution in [-0.2, 0) is 5.41 Å². The molecule has 3 aromatic rings. The van der Waals surface area contributed by atoms with Gasteiger partial charge in [-0.05, 0) is 67.2 Å². The number of anilines is 2. The van der Waals surface area contributed by atoms with E-state index < -0.39 is 0 Å². The molecule has 2 aliphatic rings. The summed E-state index contributed by atoms with van der Waals surface area (Å²) in [7, 11) is 0. The highest BCUT2D eigenvalue weighted by Crippen LogP contribution is 2.39. The average Bonchev–Trinajstić information content (AvgIpc) is 2.93. The summed E-state index contributed by atoms with van der Waals surface area (Å²) in [6.07, 6.45) is 12.1. The maximum absolute atomic E-state index is 5.75. The zero-order valence-electron chi connectivity index (χ0n) is 21.4. The van der Waals surface area contributed by atoms with Crippen molar-refractivity contribution in [3.63, 3.8) is 0 Å². The third-order valence-electron chi connectivity index (χ3n) is 7.42. The lowest BCUT2D eigenvalue weighted by Gasteiger charge is -2.38. The third kappa shape index (κ3) is 6.76. The van der Waals surface area contributed by atoms with Crippen LogP contribution in [-0.4, -0.2) is 44.7 Å². The van der Waals surface area contributed by atoms with E-state index in [2.05, 4.69) is 62.8 Å². The van der Waals surface area contributed by atoms with Gasteiger partial charge in [0, 0.05) is 43.5 Å². The Bertz CT molecular complexity index is 1170. The molecule has 1 aliphatic heterocycles. The Balaban J connectivity index is 1.33. The normalized spacial score (nSPS) is 19.3. The first-order chi connectivity index (χ1) is 18.1. The lowest BCUT2D eigenvalue weighted by molar-refractivity contribution is 0.292. The molecule has 2 fully saturated rings. The Morgan fingerprint density at radius 1 is 1.05 bits per heavy atom. The van der Waals surface area contributed by atoms with Gasteiger partial charge in [-0.1, -0.05) is 56.5 Å². The van der Waals surface area contributed by atoms with Crippen LogP contribution in [0.5, 0.6) is 0 Å². The van der Waals surface area contributed by atoms with E-state index in [0.717, 1.165) is 30.5 Å². The standard InChI is InChI=1S/C28H35N7S2/c1-21-10-8-17-35(19-21)23-18-24(37-27-29-15-9-16-30-27)33-25(32-23)34-26(36)31-20-28(13-6-3-7-14-28)22-11-4-2-5-12-22/h2,4-5,9,11-12,15-16,18,21H,3,6-8,10,13-14,17,19-20H2,1H3,(H2,31,32,33,34,36)/t21-/m0/s1. The third-order valence-corrected chi connectivity index (χ3v) is 8.48. The van der Waals surface area contributed by atoms with Crippen molar-refractivity contribution in [3.05, 3.63) is 60.4 Å². The van der Waals surface area contributed by atoms with Gasteiger partial charge in [-0.25, -0.2) is 15.0 Å². The van der Waals surface area contributed by atoms with Crippen molar-refractivity contribution in [2.45, 2.75) is 67.5 Å². The highest BCUT2D eigenvalue weighted by molar-refractivity contribution is 7.99. The van der Waals surface area contributed by atoms with E-state index in [1.54, 1.807) is 12.4 Å². The van der Waals surface area contributed by atoms with Crippen molar-refractivity contribution in [2.75, 3.05) is 29.9 Å².